The van der Waals surface area contributed by atoms with Crippen LogP contribution in [0.2, 0.25) is 0 Å². The van der Waals surface area contributed by atoms with E-state index in [1.807, 2.05) is 6.92 Å². The summed E-state index contributed by atoms with van der Waals surface area (Å²) in [7, 11) is 0. The van der Waals surface area contributed by atoms with Crippen LogP contribution in [0.1, 0.15) is 31.9 Å². The van der Waals surface area contributed by atoms with Gasteiger partial charge in [0.05, 0.1) is 5.69 Å². The van der Waals surface area contributed by atoms with Gasteiger partial charge in [-0.15, -0.1) is 0 Å². The van der Waals surface area contributed by atoms with Gasteiger partial charge in [-0.05, 0) is 37.3 Å². The van der Waals surface area contributed by atoms with E-state index in [1.165, 1.54) is 0 Å². The first-order chi connectivity index (χ1) is 8.48. The van der Waals surface area contributed by atoms with Gasteiger partial charge in [-0.1, -0.05) is 13.0 Å². The second-order valence-corrected chi connectivity index (χ2v) is 4.64. The summed E-state index contributed by atoms with van der Waals surface area (Å²) in [5, 5.41) is 0. The Morgan fingerprint density at radius 3 is 2.50 bits per heavy atom. The highest BCUT2D eigenvalue weighted by molar-refractivity contribution is 5.17. The number of nitrogens with zero attached hydrogens (tertiary/aromatic N) is 1. The van der Waals surface area contributed by atoms with Crippen LogP contribution >= 0.6 is 0 Å². The van der Waals surface area contributed by atoms with Gasteiger partial charge in [-0.25, -0.2) is 0 Å². The maximum absolute atomic E-state index is 12.4. The summed E-state index contributed by atoms with van der Waals surface area (Å²) in [6, 6.07) is 5.28. The Morgan fingerprint density at radius 2 is 2.06 bits per heavy atom. The molecule has 18 heavy (non-hydrogen) atoms. The Labute approximate surface area is 104 Å². The second-order valence-electron chi connectivity index (χ2n) is 4.64. The lowest BCUT2D eigenvalue weighted by Crippen LogP contribution is -2.36. The zero-order chi connectivity index (χ0) is 13.2. The summed E-state index contributed by atoms with van der Waals surface area (Å²) in [6.45, 7) is 0.636. The molecule has 2 rings (SSSR count). The van der Waals surface area contributed by atoms with Crippen LogP contribution in [-0.2, 0) is 10.3 Å². The molecule has 100 valence electrons. The molecule has 1 aliphatic carbocycles. The molecule has 0 aromatic carbocycles. The zero-order valence-corrected chi connectivity index (χ0v) is 10.2. The zero-order valence-electron chi connectivity index (χ0n) is 10.2. The highest BCUT2D eigenvalue weighted by atomic mass is 19.4. The largest absolute Gasteiger partial charge is 0.411 e. The molecule has 1 atom stereocenters. The topological polar surface area (TPSA) is 22.1 Å². The van der Waals surface area contributed by atoms with Gasteiger partial charge in [0.2, 0.25) is 0 Å². The highest BCUT2D eigenvalue weighted by Gasteiger charge is 2.49. The van der Waals surface area contributed by atoms with Crippen LogP contribution < -0.4 is 0 Å². The van der Waals surface area contributed by atoms with Crippen molar-refractivity contribution in [3.8, 4) is 0 Å². The van der Waals surface area contributed by atoms with Crippen LogP contribution in [0.5, 0.6) is 0 Å². The van der Waals surface area contributed by atoms with Gasteiger partial charge in [0.25, 0.3) is 0 Å². The number of hydrogen-bond donors (Lipinski definition) is 0. The summed E-state index contributed by atoms with van der Waals surface area (Å²) < 4.78 is 42.4. The molecule has 1 unspecified atom stereocenters. The molecular weight excluding hydrogens is 243 g/mol. The van der Waals surface area contributed by atoms with Crippen molar-refractivity contribution >= 4 is 0 Å². The van der Waals surface area contributed by atoms with Crippen LogP contribution in [0.3, 0.4) is 0 Å². The predicted octanol–water partition coefficient (Wildman–Crippen LogP) is 3.68. The molecule has 1 aliphatic rings. The Hall–Kier alpha value is -1.10. The molecule has 1 aromatic rings. The number of hydrogen-bond acceptors (Lipinski definition) is 2. The minimum absolute atomic E-state index is 0.153. The van der Waals surface area contributed by atoms with Crippen molar-refractivity contribution in [2.24, 2.45) is 5.92 Å². The second kappa shape index (κ2) is 4.88. The van der Waals surface area contributed by atoms with E-state index in [1.54, 1.807) is 24.4 Å². The van der Waals surface area contributed by atoms with E-state index in [9.17, 15) is 13.2 Å². The summed E-state index contributed by atoms with van der Waals surface area (Å²) >= 11 is 0. The first kappa shape index (κ1) is 13.3. The molecule has 1 fully saturated rings. The molecule has 0 spiro atoms. The van der Waals surface area contributed by atoms with Gasteiger partial charge in [-0.2, -0.15) is 13.2 Å². The SMILES string of the molecule is CCC(OCC(F)(F)F)(c1ccccn1)C1CC1. The molecular formula is C13H16F3NO. The Kier molecular flexibility index (Phi) is 3.61. The van der Waals surface area contributed by atoms with E-state index in [-0.39, 0.29) is 5.92 Å². The average Bonchev–Trinajstić information content (AvgIpc) is 3.15. The third-order valence-corrected chi connectivity index (χ3v) is 3.35. The minimum atomic E-state index is -4.30. The molecule has 1 aromatic heterocycles. The monoisotopic (exact) mass is 259 g/mol. The van der Waals surface area contributed by atoms with Gasteiger partial charge in [0.15, 0.2) is 0 Å². The molecule has 0 N–H and O–H groups in total. The molecule has 0 amide bonds. The minimum Gasteiger partial charge on any atom is -0.359 e. The van der Waals surface area contributed by atoms with Gasteiger partial charge in [0, 0.05) is 6.20 Å². The Morgan fingerprint density at radius 1 is 1.33 bits per heavy atom. The van der Waals surface area contributed by atoms with E-state index in [4.69, 9.17) is 4.74 Å². The van der Waals surface area contributed by atoms with E-state index in [2.05, 4.69) is 4.98 Å². The molecule has 0 radical (unpaired) electrons. The molecule has 0 aliphatic heterocycles. The van der Waals surface area contributed by atoms with E-state index >= 15 is 0 Å². The quantitative estimate of drug-likeness (QED) is 0.804. The number of aromatic nitrogens is 1. The molecule has 2 nitrogen and oxygen atoms in total. The van der Waals surface area contributed by atoms with Crippen LogP contribution in [0.25, 0.3) is 0 Å². The first-order valence-corrected chi connectivity index (χ1v) is 6.10. The lowest BCUT2D eigenvalue weighted by molar-refractivity contribution is -0.214. The smallest absolute Gasteiger partial charge is 0.359 e. The fraction of sp³-hybridized carbons (Fsp3) is 0.615. The number of halogens is 3. The first-order valence-electron chi connectivity index (χ1n) is 6.10. The molecule has 0 bridgehead atoms. The van der Waals surface area contributed by atoms with Crippen LogP contribution in [0.4, 0.5) is 13.2 Å². The fourth-order valence-electron chi connectivity index (χ4n) is 2.35. The lowest BCUT2D eigenvalue weighted by Gasteiger charge is -2.33. The predicted molar refractivity (Wildman–Crippen MR) is 60.9 cm³/mol. The van der Waals surface area contributed by atoms with Crippen molar-refractivity contribution in [2.45, 2.75) is 38.0 Å². The highest BCUT2D eigenvalue weighted by Crippen LogP contribution is 2.50. The number of ether oxygens (including phenoxy) is 1. The van der Waals surface area contributed by atoms with Crippen molar-refractivity contribution in [1.29, 1.82) is 0 Å². The lowest BCUT2D eigenvalue weighted by atomic mass is 9.89. The van der Waals surface area contributed by atoms with Crippen molar-refractivity contribution in [2.75, 3.05) is 6.61 Å². The third kappa shape index (κ3) is 2.83. The molecule has 5 heteroatoms. The molecule has 1 heterocycles. The summed E-state index contributed by atoms with van der Waals surface area (Å²) in [5.41, 5.74) is -0.268. The summed E-state index contributed by atoms with van der Waals surface area (Å²) in [5.74, 6) is 0.153. The van der Waals surface area contributed by atoms with Crippen LogP contribution in [-0.4, -0.2) is 17.8 Å². The maximum Gasteiger partial charge on any atom is 0.411 e. The number of rotatable bonds is 5. The normalized spacial score (nSPS) is 19.6. The number of alkyl halides is 3. The Bertz CT molecular complexity index is 389. The van der Waals surface area contributed by atoms with Crippen molar-refractivity contribution < 1.29 is 17.9 Å². The maximum atomic E-state index is 12.4. The summed E-state index contributed by atoms with van der Waals surface area (Å²) in [4.78, 5) is 4.19. The van der Waals surface area contributed by atoms with Gasteiger partial charge in [0.1, 0.15) is 12.2 Å². The fourth-order valence-corrected chi connectivity index (χ4v) is 2.35. The molecule has 0 saturated heterocycles. The van der Waals surface area contributed by atoms with E-state index in [0.29, 0.717) is 12.1 Å². The van der Waals surface area contributed by atoms with Gasteiger partial charge in [-0.3, -0.25) is 4.98 Å². The summed E-state index contributed by atoms with van der Waals surface area (Å²) in [6.07, 6.45) is -0.390. The van der Waals surface area contributed by atoms with Gasteiger partial charge >= 0.3 is 6.18 Å². The molecule has 1 saturated carbocycles. The van der Waals surface area contributed by atoms with Crippen molar-refractivity contribution in [1.82, 2.24) is 4.98 Å². The van der Waals surface area contributed by atoms with E-state index < -0.39 is 18.4 Å². The Balaban J connectivity index is 2.23. The van der Waals surface area contributed by atoms with E-state index in [0.717, 1.165) is 12.8 Å². The van der Waals surface area contributed by atoms with Crippen LogP contribution in [0, 0.1) is 5.92 Å². The average molecular weight is 259 g/mol. The third-order valence-electron chi connectivity index (χ3n) is 3.35. The van der Waals surface area contributed by atoms with Crippen molar-refractivity contribution in [3.05, 3.63) is 30.1 Å². The number of pyridine rings is 1. The van der Waals surface area contributed by atoms with Gasteiger partial charge < -0.3 is 4.74 Å². The van der Waals surface area contributed by atoms with Crippen molar-refractivity contribution in [3.63, 3.8) is 0 Å². The van der Waals surface area contributed by atoms with Crippen LogP contribution in [0.15, 0.2) is 24.4 Å². The standard InChI is InChI=1S/C13H16F3NO/c1-2-12(10-6-7-10,18-9-13(14,15)16)11-5-3-4-8-17-11/h3-5,8,10H,2,6-7,9H2,1H3.